The molecule has 1 N–H and O–H groups in total. The molecule has 1 unspecified atom stereocenters. The fraction of sp³-hybridized carbons (Fsp3) is 0.467. The van der Waals surface area contributed by atoms with Gasteiger partial charge in [-0.15, -0.1) is 0 Å². The zero-order valence-electron chi connectivity index (χ0n) is 11.9. The molecule has 2 amide bonds. The number of nitrogens with zero attached hydrogens (tertiary/aromatic N) is 1. The van der Waals surface area contributed by atoms with Crippen LogP contribution in [0.1, 0.15) is 12.0 Å². The minimum Gasteiger partial charge on any atom is -0.497 e. The summed E-state index contributed by atoms with van der Waals surface area (Å²) in [6.45, 7) is 1.17. The van der Waals surface area contributed by atoms with E-state index in [2.05, 4.69) is 5.32 Å². The van der Waals surface area contributed by atoms with Crippen molar-refractivity contribution >= 4 is 11.8 Å². The molecule has 0 spiro atoms. The minimum atomic E-state index is -0.205. The number of ether oxygens (including phenoxy) is 1. The van der Waals surface area contributed by atoms with E-state index in [9.17, 15) is 9.59 Å². The van der Waals surface area contributed by atoms with Crippen LogP contribution in [0.4, 0.5) is 0 Å². The smallest absolute Gasteiger partial charge is 0.225 e. The van der Waals surface area contributed by atoms with Crippen LogP contribution in [-0.4, -0.2) is 44.0 Å². The van der Waals surface area contributed by atoms with Crippen molar-refractivity contribution < 1.29 is 14.3 Å². The van der Waals surface area contributed by atoms with Crippen LogP contribution >= 0.6 is 0 Å². The van der Waals surface area contributed by atoms with Gasteiger partial charge in [-0.05, 0) is 24.1 Å². The molecule has 1 aliphatic heterocycles. The summed E-state index contributed by atoms with van der Waals surface area (Å²) >= 11 is 0. The van der Waals surface area contributed by atoms with Gasteiger partial charge in [0.1, 0.15) is 5.75 Å². The van der Waals surface area contributed by atoms with Gasteiger partial charge in [0.2, 0.25) is 11.8 Å². The average molecular weight is 276 g/mol. The van der Waals surface area contributed by atoms with Crippen molar-refractivity contribution in [1.82, 2.24) is 10.2 Å². The third-order valence-corrected chi connectivity index (χ3v) is 3.66. The maximum absolute atomic E-state index is 11.9. The van der Waals surface area contributed by atoms with Gasteiger partial charge in [-0.3, -0.25) is 9.59 Å². The van der Waals surface area contributed by atoms with Crippen LogP contribution in [0.5, 0.6) is 5.75 Å². The third-order valence-electron chi connectivity index (χ3n) is 3.66. The Balaban J connectivity index is 1.87. The van der Waals surface area contributed by atoms with Crippen LogP contribution in [0.3, 0.4) is 0 Å². The largest absolute Gasteiger partial charge is 0.497 e. The molecule has 2 rings (SSSR count). The lowest BCUT2D eigenvalue weighted by atomic mass is 10.1. The second-order valence-electron chi connectivity index (χ2n) is 4.95. The molecule has 0 radical (unpaired) electrons. The summed E-state index contributed by atoms with van der Waals surface area (Å²) in [6.07, 6.45) is 1.11. The summed E-state index contributed by atoms with van der Waals surface area (Å²) in [5, 5.41) is 2.60. The Morgan fingerprint density at radius 2 is 2.10 bits per heavy atom. The quantitative estimate of drug-likeness (QED) is 0.866. The van der Waals surface area contributed by atoms with Crippen molar-refractivity contribution in [3.8, 4) is 5.75 Å². The van der Waals surface area contributed by atoms with E-state index in [0.717, 1.165) is 17.7 Å². The predicted octanol–water partition coefficient (Wildman–Crippen LogP) is 0.832. The first kappa shape index (κ1) is 14.4. The molecule has 0 bridgehead atoms. The normalized spacial score (nSPS) is 18.2. The molecule has 0 saturated carbocycles. The Labute approximate surface area is 118 Å². The first-order valence-corrected chi connectivity index (χ1v) is 6.76. The molecule has 0 aliphatic carbocycles. The summed E-state index contributed by atoms with van der Waals surface area (Å²) in [6, 6.07) is 7.81. The van der Waals surface area contributed by atoms with E-state index in [1.807, 2.05) is 24.3 Å². The van der Waals surface area contributed by atoms with Gasteiger partial charge >= 0.3 is 0 Å². The number of nitrogens with one attached hydrogen (secondary N) is 1. The zero-order valence-corrected chi connectivity index (χ0v) is 11.9. The van der Waals surface area contributed by atoms with Crippen LogP contribution < -0.4 is 10.1 Å². The second-order valence-corrected chi connectivity index (χ2v) is 4.95. The molecule has 1 atom stereocenters. The molecule has 1 aliphatic rings. The van der Waals surface area contributed by atoms with Crippen LogP contribution in [0.15, 0.2) is 24.3 Å². The highest BCUT2D eigenvalue weighted by atomic mass is 16.5. The molecule has 5 heteroatoms. The topological polar surface area (TPSA) is 58.6 Å². The Morgan fingerprint density at radius 3 is 2.70 bits per heavy atom. The lowest BCUT2D eigenvalue weighted by molar-refractivity contribution is -0.128. The van der Waals surface area contributed by atoms with Crippen molar-refractivity contribution in [3.63, 3.8) is 0 Å². The van der Waals surface area contributed by atoms with Gasteiger partial charge in [0, 0.05) is 26.6 Å². The molecule has 1 saturated heterocycles. The maximum Gasteiger partial charge on any atom is 0.225 e. The number of hydrogen-bond acceptors (Lipinski definition) is 3. The standard InChI is InChI=1S/C15H20N2O3/c1-16-15(19)12-9-14(18)17(10-12)8-7-11-3-5-13(20-2)6-4-11/h3-6,12H,7-10H2,1-2H3,(H,16,19). The fourth-order valence-electron chi connectivity index (χ4n) is 2.42. The summed E-state index contributed by atoms with van der Waals surface area (Å²) < 4.78 is 5.11. The Bertz CT molecular complexity index is 484. The zero-order chi connectivity index (χ0) is 14.5. The lowest BCUT2D eigenvalue weighted by Crippen LogP contribution is -2.31. The molecule has 1 fully saturated rings. The first-order chi connectivity index (χ1) is 9.63. The highest BCUT2D eigenvalue weighted by molar-refractivity contribution is 5.89. The number of carbonyl (C=O) groups excluding carboxylic acids is 2. The van der Waals surface area contributed by atoms with Gasteiger partial charge < -0.3 is 15.0 Å². The average Bonchev–Trinajstić information content (AvgIpc) is 2.86. The van der Waals surface area contributed by atoms with E-state index in [0.29, 0.717) is 19.5 Å². The van der Waals surface area contributed by atoms with Crippen LogP contribution in [0.2, 0.25) is 0 Å². The Hall–Kier alpha value is -2.04. The highest BCUT2D eigenvalue weighted by Gasteiger charge is 2.33. The number of hydrogen-bond donors (Lipinski definition) is 1. The molecule has 5 nitrogen and oxygen atoms in total. The van der Waals surface area contributed by atoms with Gasteiger partial charge in [0.05, 0.1) is 13.0 Å². The molecule has 1 aromatic rings. The summed E-state index contributed by atoms with van der Waals surface area (Å²) in [7, 11) is 3.24. The van der Waals surface area contributed by atoms with Gasteiger partial charge in [0.15, 0.2) is 0 Å². The van der Waals surface area contributed by atoms with Crippen LogP contribution in [0, 0.1) is 5.92 Å². The van der Waals surface area contributed by atoms with Crippen molar-refractivity contribution in [2.24, 2.45) is 5.92 Å². The van der Waals surface area contributed by atoms with E-state index in [1.165, 1.54) is 0 Å². The van der Waals surface area contributed by atoms with E-state index in [-0.39, 0.29) is 17.7 Å². The number of rotatable bonds is 5. The minimum absolute atomic E-state index is 0.0507. The SMILES string of the molecule is CNC(=O)C1CC(=O)N(CCc2ccc(OC)cc2)C1. The Morgan fingerprint density at radius 1 is 1.40 bits per heavy atom. The predicted molar refractivity (Wildman–Crippen MR) is 75.5 cm³/mol. The summed E-state index contributed by atoms with van der Waals surface area (Å²) in [5.74, 6) is 0.631. The van der Waals surface area contributed by atoms with Crippen molar-refractivity contribution in [2.45, 2.75) is 12.8 Å². The van der Waals surface area contributed by atoms with E-state index in [1.54, 1.807) is 19.1 Å². The van der Waals surface area contributed by atoms with Crippen molar-refractivity contribution in [1.29, 1.82) is 0 Å². The fourth-order valence-corrected chi connectivity index (χ4v) is 2.42. The summed E-state index contributed by atoms with van der Waals surface area (Å²) in [4.78, 5) is 25.2. The monoisotopic (exact) mass is 276 g/mol. The van der Waals surface area contributed by atoms with Gasteiger partial charge in [-0.25, -0.2) is 0 Å². The molecule has 20 heavy (non-hydrogen) atoms. The van der Waals surface area contributed by atoms with Crippen molar-refractivity contribution in [3.05, 3.63) is 29.8 Å². The molecule has 108 valence electrons. The maximum atomic E-state index is 11.9. The first-order valence-electron chi connectivity index (χ1n) is 6.76. The molecule has 0 aromatic heterocycles. The third kappa shape index (κ3) is 3.29. The molecule has 1 heterocycles. The van der Waals surface area contributed by atoms with Gasteiger partial charge in [-0.2, -0.15) is 0 Å². The van der Waals surface area contributed by atoms with Crippen molar-refractivity contribution in [2.75, 3.05) is 27.2 Å². The number of benzene rings is 1. The van der Waals surface area contributed by atoms with Gasteiger partial charge in [0.25, 0.3) is 0 Å². The number of amides is 2. The van der Waals surface area contributed by atoms with E-state index < -0.39 is 0 Å². The number of methoxy groups -OCH3 is 1. The van der Waals surface area contributed by atoms with Crippen LogP contribution in [-0.2, 0) is 16.0 Å². The van der Waals surface area contributed by atoms with Crippen LogP contribution in [0.25, 0.3) is 0 Å². The lowest BCUT2D eigenvalue weighted by Gasteiger charge is -2.16. The van der Waals surface area contributed by atoms with Gasteiger partial charge in [-0.1, -0.05) is 12.1 Å². The molecular formula is C15H20N2O3. The molecular weight excluding hydrogens is 256 g/mol. The number of likely N-dealkylation sites (tertiary alicyclic amines) is 1. The Kier molecular flexibility index (Phi) is 4.61. The van der Waals surface area contributed by atoms with E-state index in [4.69, 9.17) is 4.74 Å². The molecule has 1 aromatic carbocycles. The second kappa shape index (κ2) is 6.41. The van der Waals surface area contributed by atoms with E-state index >= 15 is 0 Å². The summed E-state index contributed by atoms with van der Waals surface area (Å²) in [5.41, 5.74) is 1.15. The highest BCUT2D eigenvalue weighted by Crippen LogP contribution is 2.19. The number of carbonyl (C=O) groups is 2.